The van der Waals surface area contributed by atoms with Crippen LogP contribution < -0.4 is 5.32 Å². The minimum absolute atomic E-state index is 0.178. The van der Waals surface area contributed by atoms with Crippen molar-refractivity contribution < 1.29 is 9.15 Å². The molecule has 1 aliphatic carbocycles. The average Bonchev–Trinajstić information content (AvgIpc) is 2.93. The van der Waals surface area contributed by atoms with Crippen molar-refractivity contribution in [2.45, 2.75) is 69.6 Å². The van der Waals surface area contributed by atoms with Crippen LogP contribution in [0.2, 0.25) is 0 Å². The first kappa shape index (κ1) is 13.2. The number of hydrogen-bond acceptors (Lipinski definition) is 3. The van der Waals surface area contributed by atoms with E-state index in [0.717, 1.165) is 25.2 Å². The molecule has 1 aromatic rings. The maximum absolute atomic E-state index is 6.15. The Kier molecular flexibility index (Phi) is 3.94. The first-order chi connectivity index (χ1) is 9.27. The van der Waals surface area contributed by atoms with E-state index in [1.54, 1.807) is 6.26 Å². The van der Waals surface area contributed by atoms with Crippen LogP contribution in [0, 0.1) is 0 Å². The number of ether oxygens (including phenoxy) is 1. The number of furan rings is 1. The van der Waals surface area contributed by atoms with Gasteiger partial charge in [-0.3, -0.25) is 0 Å². The largest absolute Gasteiger partial charge is 0.468 e. The van der Waals surface area contributed by atoms with E-state index in [0.29, 0.717) is 12.1 Å². The summed E-state index contributed by atoms with van der Waals surface area (Å²) in [6, 6.07) is 4.86. The summed E-state index contributed by atoms with van der Waals surface area (Å²) in [6.07, 6.45) is 10.6. The zero-order valence-electron chi connectivity index (χ0n) is 11.9. The molecule has 2 heterocycles. The highest BCUT2D eigenvalue weighted by Crippen LogP contribution is 2.38. The van der Waals surface area contributed by atoms with Gasteiger partial charge in [-0.25, -0.2) is 0 Å². The summed E-state index contributed by atoms with van der Waals surface area (Å²) in [5.41, 5.74) is 0.178. The van der Waals surface area contributed by atoms with Crippen molar-refractivity contribution >= 4 is 0 Å². The zero-order chi connectivity index (χ0) is 13.1. The maximum Gasteiger partial charge on any atom is 0.120 e. The third-order valence-electron chi connectivity index (χ3n) is 4.71. The molecular weight excluding hydrogens is 238 g/mol. The van der Waals surface area contributed by atoms with Gasteiger partial charge >= 0.3 is 0 Å². The maximum atomic E-state index is 6.15. The summed E-state index contributed by atoms with van der Waals surface area (Å²) < 4.78 is 11.6. The van der Waals surface area contributed by atoms with Crippen LogP contribution >= 0.6 is 0 Å². The van der Waals surface area contributed by atoms with Gasteiger partial charge in [-0.1, -0.05) is 19.3 Å². The summed E-state index contributed by atoms with van der Waals surface area (Å²) in [6.45, 7) is 3.09. The molecule has 1 saturated heterocycles. The predicted octanol–water partition coefficient (Wildman–Crippen LogP) is 3.81. The van der Waals surface area contributed by atoms with Crippen molar-refractivity contribution in [2.75, 3.05) is 6.61 Å². The Hall–Kier alpha value is -0.800. The first-order valence-corrected chi connectivity index (χ1v) is 7.71. The summed E-state index contributed by atoms with van der Waals surface area (Å²) in [7, 11) is 0. The van der Waals surface area contributed by atoms with Crippen LogP contribution in [-0.2, 0) is 4.74 Å². The molecule has 0 bridgehead atoms. The fourth-order valence-corrected chi connectivity index (χ4v) is 3.69. The van der Waals surface area contributed by atoms with Gasteiger partial charge in [-0.05, 0) is 44.7 Å². The zero-order valence-corrected chi connectivity index (χ0v) is 11.9. The Labute approximate surface area is 115 Å². The van der Waals surface area contributed by atoms with Gasteiger partial charge in [0.05, 0.1) is 17.9 Å². The third-order valence-corrected chi connectivity index (χ3v) is 4.71. The summed E-state index contributed by atoms with van der Waals surface area (Å²) >= 11 is 0. The third kappa shape index (κ3) is 3.03. The fraction of sp³-hybridized carbons (Fsp3) is 0.750. The summed E-state index contributed by atoms with van der Waals surface area (Å²) in [5.74, 6) is 1.03. The highest BCUT2D eigenvalue weighted by Gasteiger charge is 2.38. The molecule has 0 amide bonds. The van der Waals surface area contributed by atoms with E-state index in [1.807, 2.05) is 12.1 Å². The van der Waals surface area contributed by atoms with Crippen molar-refractivity contribution in [3.8, 4) is 0 Å². The standard InChI is InChI=1S/C16H25NO2/c1-13(15-6-5-10-18-15)17-14-7-11-19-16(12-14)8-3-2-4-9-16/h5-6,10,13-14,17H,2-4,7-9,11-12H2,1H3. The molecule has 106 valence electrons. The van der Waals surface area contributed by atoms with Crippen LogP contribution in [0.3, 0.4) is 0 Å². The lowest BCUT2D eigenvalue weighted by Crippen LogP contribution is -2.48. The van der Waals surface area contributed by atoms with E-state index in [9.17, 15) is 0 Å². The Morgan fingerprint density at radius 1 is 1.32 bits per heavy atom. The van der Waals surface area contributed by atoms with E-state index >= 15 is 0 Å². The first-order valence-electron chi connectivity index (χ1n) is 7.71. The molecule has 3 rings (SSSR count). The average molecular weight is 263 g/mol. The second-order valence-corrected chi connectivity index (χ2v) is 6.19. The van der Waals surface area contributed by atoms with E-state index in [1.165, 1.54) is 32.1 Å². The SMILES string of the molecule is CC(NC1CCOC2(CCCCC2)C1)c1ccco1. The Morgan fingerprint density at radius 2 is 2.16 bits per heavy atom. The molecule has 0 aromatic carbocycles. The second kappa shape index (κ2) is 5.68. The van der Waals surface area contributed by atoms with Gasteiger partial charge in [-0.2, -0.15) is 0 Å². The van der Waals surface area contributed by atoms with Gasteiger partial charge < -0.3 is 14.5 Å². The topological polar surface area (TPSA) is 34.4 Å². The van der Waals surface area contributed by atoms with E-state index < -0.39 is 0 Å². The highest BCUT2D eigenvalue weighted by molar-refractivity contribution is 5.04. The number of nitrogens with one attached hydrogen (secondary N) is 1. The smallest absolute Gasteiger partial charge is 0.120 e. The lowest BCUT2D eigenvalue weighted by molar-refractivity contribution is -0.110. The van der Waals surface area contributed by atoms with Crippen LogP contribution in [0.4, 0.5) is 0 Å². The van der Waals surface area contributed by atoms with Crippen LogP contribution in [0.1, 0.15) is 63.7 Å². The molecule has 2 unspecified atom stereocenters. The van der Waals surface area contributed by atoms with Gasteiger partial charge in [-0.15, -0.1) is 0 Å². The molecule has 1 aromatic heterocycles. The predicted molar refractivity (Wildman–Crippen MR) is 75.0 cm³/mol. The van der Waals surface area contributed by atoms with Crippen molar-refractivity contribution in [3.63, 3.8) is 0 Å². The fourth-order valence-electron chi connectivity index (χ4n) is 3.69. The number of hydrogen-bond donors (Lipinski definition) is 1. The highest BCUT2D eigenvalue weighted by atomic mass is 16.5. The normalized spacial score (nSPS) is 28.4. The van der Waals surface area contributed by atoms with Gasteiger partial charge in [0.15, 0.2) is 0 Å². The monoisotopic (exact) mass is 263 g/mol. The van der Waals surface area contributed by atoms with E-state index in [-0.39, 0.29) is 5.60 Å². The Bertz CT molecular complexity index is 376. The van der Waals surface area contributed by atoms with Gasteiger partial charge in [0.25, 0.3) is 0 Å². The number of rotatable bonds is 3. The van der Waals surface area contributed by atoms with Crippen LogP contribution in [0.15, 0.2) is 22.8 Å². The minimum atomic E-state index is 0.178. The molecule has 2 aliphatic rings. The van der Waals surface area contributed by atoms with Gasteiger partial charge in [0, 0.05) is 12.6 Å². The van der Waals surface area contributed by atoms with Crippen molar-refractivity contribution in [3.05, 3.63) is 24.2 Å². The van der Waals surface area contributed by atoms with Gasteiger partial charge in [0.2, 0.25) is 0 Å². The molecule has 1 N–H and O–H groups in total. The van der Waals surface area contributed by atoms with Gasteiger partial charge in [0.1, 0.15) is 5.76 Å². The molecule has 19 heavy (non-hydrogen) atoms. The molecule has 1 aliphatic heterocycles. The quantitative estimate of drug-likeness (QED) is 0.900. The van der Waals surface area contributed by atoms with Crippen molar-refractivity contribution in [2.24, 2.45) is 0 Å². The molecular formula is C16H25NO2. The molecule has 1 saturated carbocycles. The molecule has 2 atom stereocenters. The van der Waals surface area contributed by atoms with Crippen LogP contribution in [0.5, 0.6) is 0 Å². The molecule has 1 spiro atoms. The Balaban J connectivity index is 1.59. The van der Waals surface area contributed by atoms with Crippen molar-refractivity contribution in [1.29, 1.82) is 0 Å². The molecule has 3 nitrogen and oxygen atoms in total. The second-order valence-electron chi connectivity index (χ2n) is 6.19. The van der Waals surface area contributed by atoms with Crippen LogP contribution in [-0.4, -0.2) is 18.2 Å². The summed E-state index contributed by atoms with van der Waals surface area (Å²) in [4.78, 5) is 0. The van der Waals surface area contributed by atoms with E-state index in [4.69, 9.17) is 9.15 Å². The van der Waals surface area contributed by atoms with Crippen molar-refractivity contribution in [1.82, 2.24) is 5.32 Å². The lowest BCUT2D eigenvalue weighted by atomic mass is 9.78. The molecule has 3 heteroatoms. The minimum Gasteiger partial charge on any atom is -0.468 e. The molecule has 2 fully saturated rings. The Morgan fingerprint density at radius 3 is 2.89 bits per heavy atom. The lowest BCUT2D eigenvalue weighted by Gasteiger charge is -2.44. The van der Waals surface area contributed by atoms with Crippen LogP contribution in [0.25, 0.3) is 0 Å². The summed E-state index contributed by atoms with van der Waals surface area (Å²) in [5, 5.41) is 3.72. The molecule has 0 radical (unpaired) electrons. The van der Waals surface area contributed by atoms with E-state index in [2.05, 4.69) is 12.2 Å².